The standard InChI is InChI=1S/C24H26F5N3O3/c1-14(34-2)20-18(24(27,28)29)12-16(13-30-20)35-10-9-32-7-5-23(6-8-32)17-11-15(21(25)26)3-4-19(17)31-22(23)33/h3-4,11-14,21H,5-10H2,1-2H3,(H,31,33). The van der Waals surface area contributed by atoms with Crippen LogP contribution in [0.5, 0.6) is 5.75 Å². The van der Waals surface area contributed by atoms with Crippen LogP contribution in [0.1, 0.15) is 54.7 Å². The molecule has 0 bridgehead atoms. The molecule has 3 heterocycles. The summed E-state index contributed by atoms with van der Waals surface area (Å²) in [7, 11) is 1.31. The lowest BCUT2D eigenvalue weighted by Gasteiger charge is -2.38. The number of aromatic nitrogens is 1. The molecule has 1 aromatic carbocycles. The second-order valence-corrected chi connectivity index (χ2v) is 8.81. The van der Waals surface area contributed by atoms with Gasteiger partial charge in [0.15, 0.2) is 0 Å². The van der Waals surface area contributed by atoms with E-state index in [1.54, 1.807) is 0 Å². The Labute approximate surface area is 199 Å². The van der Waals surface area contributed by atoms with Crippen LogP contribution in [0, 0.1) is 0 Å². The van der Waals surface area contributed by atoms with Crippen LogP contribution < -0.4 is 10.1 Å². The zero-order valence-corrected chi connectivity index (χ0v) is 19.3. The first-order valence-corrected chi connectivity index (χ1v) is 11.2. The molecule has 6 nitrogen and oxygen atoms in total. The van der Waals surface area contributed by atoms with E-state index in [9.17, 15) is 26.7 Å². The number of pyridine rings is 1. The molecule has 1 N–H and O–H groups in total. The maximum atomic E-state index is 13.5. The summed E-state index contributed by atoms with van der Waals surface area (Å²) in [6, 6.07) is 5.17. The van der Waals surface area contributed by atoms with E-state index in [4.69, 9.17) is 9.47 Å². The van der Waals surface area contributed by atoms with Gasteiger partial charge in [0.05, 0.1) is 29.0 Å². The van der Waals surface area contributed by atoms with Crippen LogP contribution in [0.3, 0.4) is 0 Å². The maximum absolute atomic E-state index is 13.5. The van der Waals surface area contributed by atoms with Gasteiger partial charge >= 0.3 is 6.18 Å². The number of likely N-dealkylation sites (tertiary alicyclic amines) is 1. The van der Waals surface area contributed by atoms with E-state index < -0.39 is 29.7 Å². The van der Waals surface area contributed by atoms with Crippen LogP contribution in [-0.4, -0.2) is 49.1 Å². The first-order chi connectivity index (χ1) is 16.5. The molecule has 0 saturated carbocycles. The third-order valence-corrected chi connectivity index (χ3v) is 6.82. The molecule has 4 rings (SSSR count). The van der Waals surface area contributed by atoms with Crippen LogP contribution in [0.15, 0.2) is 30.5 Å². The Bertz CT molecular complexity index is 1080. The molecule has 2 aliphatic heterocycles. The normalized spacial score (nSPS) is 18.6. The molecular weight excluding hydrogens is 473 g/mol. The number of alkyl halides is 5. The number of piperidine rings is 1. The number of hydrogen-bond donors (Lipinski definition) is 1. The van der Waals surface area contributed by atoms with Gasteiger partial charge in [0.1, 0.15) is 12.4 Å². The van der Waals surface area contributed by atoms with Crippen molar-refractivity contribution in [2.45, 2.75) is 43.9 Å². The van der Waals surface area contributed by atoms with Crippen molar-refractivity contribution >= 4 is 11.6 Å². The van der Waals surface area contributed by atoms with Crippen molar-refractivity contribution in [2.75, 3.05) is 38.7 Å². The number of fused-ring (bicyclic) bond motifs is 2. The molecule has 11 heteroatoms. The van der Waals surface area contributed by atoms with E-state index in [-0.39, 0.29) is 29.5 Å². The largest absolute Gasteiger partial charge is 0.491 e. The highest BCUT2D eigenvalue weighted by atomic mass is 19.4. The van der Waals surface area contributed by atoms with Crippen LogP contribution in [0.2, 0.25) is 0 Å². The first kappa shape index (κ1) is 25.3. The van der Waals surface area contributed by atoms with E-state index in [0.29, 0.717) is 43.7 Å². The number of methoxy groups -OCH3 is 1. The molecule has 1 unspecified atom stereocenters. The summed E-state index contributed by atoms with van der Waals surface area (Å²) >= 11 is 0. The highest BCUT2D eigenvalue weighted by Gasteiger charge is 2.48. The van der Waals surface area contributed by atoms with Gasteiger partial charge in [0, 0.05) is 24.9 Å². The molecule has 0 aliphatic carbocycles. The summed E-state index contributed by atoms with van der Waals surface area (Å²) in [4.78, 5) is 18.7. The van der Waals surface area contributed by atoms with Crippen LogP contribution in [-0.2, 0) is 21.1 Å². The van der Waals surface area contributed by atoms with Gasteiger partial charge in [0.2, 0.25) is 5.91 Å². The van der Waals surface area contributed by atoms with Crippen molar-refractivity contribution in [3.63, 3.8) is 0 Å². The minimum atomic E-state index is -4.60. The summed E-state index contributed by atoms with van der Waals surface area (Å²) in [5.74, 6) is -0.188. The maximum Gasteiger partial charge on any atom is 0.418 e. The van der Waals surface area contributed by atoms with Crippen LogP contribution in [0.4, 0.5) is 27.6 Å². The smallest absolute Gasteiger partial charge is 0.418 e. The van der Waals surface area contributed by atoms with Gasteiger partial charge in [-0.15, -0.1) is 0 Å². The minimum Gasteiger partial charge on any atom is -0.491 e. The highest BCUT2D eigenvalue weighted by molar-refractivity contribution is 6.06. The molecule has 190 valence electrons. The third-order valence-electron chi connectivity index (χ3n) is 6.82. The quantitative estimate of drug-likeness (QED) is 0.537. The van der Waals surface area contributed by atoms with Gasteiger partial charge < -0.3 is 14.8 Å². The number of carbonyl (C=O) groups excluding carboxylic acids is 1. The molecule has 1 saturated heterocycles. The van der Waals surface area contributed by atoms with Gasteiger partial charge in [-0.25, -0.2) is 8.78 Å². The number of rotatable bonds is 7. The van der Waals surface area contributed by atoms with Crippen molar-refractivity contribution in [3.8, 4) is 5.75 Å². The Morgan fingerprint density at radius 2 is 1.91 bits per heavy atom. The number of benzene rings is 1. The molecular formula is C24H26F5N3O3. The van der Waals surface area contributed by atoms with E-state index >= 15 is 0 Å². The number of amides is 1. The molecule has 2 aliphatic rings. The second-order valence-electron chi connectivity index (χ2n) is 8.81. The fraction of sp³-hybridized carbons (Fsp3) is 0.500. The Balaban J connectivity index is 1.37. The molecule has 1 fully saturated rings. The molecule has 35 heavy (non-hydrogen) atoms. The Morgan fingerprint density at radius 1 is 1.20 bits per heavy atom. The second kappa shape index (κ2) is 9.69. The molecule has 1 amide bonds. The van der Waals surface area contributed by atoms with Gasteiger partial charge in [0.25, 0.3) is 6.43 Å². The van der Waals surface area contributed by atoms with E-state index in [1.807, 2.05) is 4.90 Å². The summed E-state index contributed by atoms with van der Waals surface area (Å²) in [6.45, 7) is 3.08. The first-order valence-electron chi connectivity index (χ1n) is 11.2. The number of ether oxygens (including phenoxy) is 2. The average molecular weight is 499 g/mol. The van der Waals surface area contributed by atoms with Crippen molar-refractivity contribution < 1.29 is 36.2 Å². The average Bonchev–Trinajstić information content (AvgIpc) is 3.09. The van der Waals surface area contributed by atoms with Crippen molar-refractivity contribution in [2.24, 2.45) is 0 Å². The lowest BCUT2D eigenvalue weighted by molar-refractivity contribution is -0.139. The Hall–Kier alpha value is -2.79. The van der Waals surface area contributed by atoms with E-state index in [1.165, 1.54) is 38.4 Å². The number of anilines is 1. The van der Waals surface area contributed by atoms with Crippen LogP contribution >= 0.6 is 0 Å². The fourth-order valence-electron chi connectivity index (χ4n) is 4.71. The van der Waals surface area contributed by atoms with E-state index in [0.717, 1.165) is 6.07 Å². The number of halogens is 5. The zero-order valence-electron chi connectivity index (χ0n) is 19.3. The fourth-order valence-corrected chi connectivity index (χ4v) is 4.71. The van der Waals surface area contributed by atoms with Crippen LogP contribution in [0.25, 0.3) is 0 Å². The molecule has 2 aromatic rings. The van der Waals surface area contributed by atoms with Crippen molar-refractivity contribution in [1.82, 2.24) is 9.88 Å². The number of nitrogens with zero attached hydrogens (tertiary/aromatic N) is 2. The summed E-state index contributed by atoms with van der Waals surface area (Å²) in [6.07, 6.45) is -5.91. The summed E-state index contributed by atoms with van der Waals surface area (Å²) in [5.41, 5.74) is -0.912. The summed E-state index contributed by atoms with van der Waals surface area (Å²) in [5, 5.41) is 2.80. The van der Waals surface area contributed by atoms with Gasteiger partial charge in [-0.3, -0.25) is 14.7 Å². The zero-order chi connectivity index (χ0) is 25.4. The topological polar surface area (TPSA) is 63.7 Å². The van der Waals surface area contributed by atoms with Crippen molar-refractivity contribution in [3.05, 3.63) is 52.8 Å². The number of hydrogen-bond acceptors (Lipinski definition) is 5. The lowest BCUT2D eigenvalue weighted by atomic mass is 9.73. The summed E-state index contributed by atoms with van der Waals surface area (Å²) < 4.78 is 77.3. The SMILES string of the molecule is COC(C)c1ncc(OCCN2CCC3(CC2)C(=O)Nc2ccc(C(F)F)cc23)cc1C(F)(F)F. The molecule has 1 spiro atoms. The highest BCUT2D eigenvalue weighted by Crippen LogP contribution is 2.46. The van der Waals surface area contributed by atoms with Gasteiger partial charge in [-0.2, -0.15) is 13.2 Å². The minimum absolute atomic E-state index is 0.00137. The third kappa shape index (κ3) is 4.97. The molecule has 0 radical (unpaired) electrons. The van der Waals surface area contributed by atoms with Gasteiger partial charge in [-0.05, 0) is 56.6 Å². The number of nitrogens with one attached hydrogen (secondary N) is 1. The molecule has 1 aromatic heterocycles. The predicted molar refractivity (Wildman–Crippen MR) is 118 cm³/mol. The Kier molecular flexibility index (Phi) is 7.01. The lowest BCUT2D eigenvalue weighted by Crippen LogP contribution is -2.47. The monoisotopic (exact) mass is 499 g/mol. The predicted octanol–water partition coefficient (Wildman–Crippen LogP) is 5.11. The molecule has 1 atom stereocenters. The van der Waals surface area contributed by atoms with E-state index in [2.05, 4.69) is 10.3 Å². The van der Waals surface area contributed by atoms with Crippen molar-refractivity contribution in [1.29, 1.82) is 0 Å². The Morgan fingerprint density at radius 3 is 2.54 bits per heavy atom. The number of carbonyl (C=O) groups is 1. The van der Waals surface area contributed by atoms with Gasteiger partial charge in [-0.1, -0.05) is 6.07 Å².